The SMILES string of the molecule is C[n+]1c(C=CC=C2N(Cc3ccccc3)c3cc(Cl)c(Cl)cc3N2Cc2ccc(C(=O)NNC(=O)C(N)CC(=O)O)cc2)oc2ccccc21. The molecule has 1 aromatic heterocycles. The number of hydrogen-bond acceptors (Lipinski definition) is 7. The van der Waals surface area contributed by atoms with Crippen molar-refractivity contribution in [3.05, 3.63) is 142 Å². The Hall–Kier alpha value is -5.62. The number of benzene rings is 4. The van der Waals surface area contributed by atoms with Gasteiger partial charge in [-0.2, -0.15) is 4.57 Å². The van der Waals surface area contributed by atoms with E-state index >= 15 is 0 Å². The number of carboxylic acids is 1. The number of carbonyl (C=O) groups excluding carboxylic acids is 2. The lowest BCUT2D eigenvalue weighted by atomic mass is 10.1. The Balaban J connectivity index is 1.30. The van der Waals surface area contributed by atoms with Gasteiger partial charge in [-0.15, -0.1) is 0 Å². The summed E-state index contributed by atoms with van der Waals surface area (Å²) in [6, 6.07) is 27.2. The van der Waals surface area contributed by atoms with E-state index in [9.17, 15) is 14.4 Å². The maximum Gasteiger partial charge on any atom is 0.373 e. The number of anilines is 2. The van der Waals surface area contributed by atoms with E-state index in [0.29, 0.717) is 29.0 Å². The van der Waals surface area contributed by atoms with Gasteiger partial charge in [0.25, 0.3) is 17.3 Å². The molecule has 5 aromatic rings. The fourth-order valence-electron chi connectivity index (χ4n) is 5.62. The second-order valence-electron chi connectivity index (χ2n) is 11.6. The summed E-state index contributed by atoms with van der Waals surface area (Å²) in [4.78, 5) is 39.9. The van der Waals surface area contributed by atoms with Crippen LogP contribution in [0.15, 0.2) is 113 Å². The van der Waals surface area contributed by atoms with Crippen LogP contribution in [0.25, 0.3) is 17.2 Å². The number of aliphatic carboxylic acids is 1. The number of allylic oxidation sites excluding steroid dienone is 2. The van der Waals surface area contributed by atoms with Crippen molar-refractivity contribution in [3.8, 4) is 0 Å². The van der Waals surface area contributed by atoms with E-state index in [4.69, 9.17) is 38.5 Å². The van der Waals surface area contributed by atoms with Gasteiger partial charge in [0.05, 0.1) is 40.0 Å². The highest BCUT2D eigenvalue weighted by Gasteiger charge is 2.32. The van der Waals surface area contributed by atoms with Gasteiger partial charge in [-0.05, 0) is 53.6 Å². The van der Waals surface area contributed by atoms with E-state index in [0.717, 1.165) is 39.4 Å². The Labute approximate surface area is 297 Å². The average Bonchev–Trinajstić information content (AvgIpc) is 3.56. The van der Waals surface area contributed by atoms with E-state index in [2.05, 4.69) is 32.8 Å². The van der Waals surface area contributed by atoms with Crippen molar-refractivity contribution in [2.24, 2.45) is 12.8 Å². The number of amides is 2. The normalized spacial score (nSPS) is 14.0. The molecule has 0 spiro atoms. The zero-order chi connectivity index (χ0) is 35.4. The lowest BCUT2D eigenvalue weighted by molar-refractivity contribution is -0.652. The van der Waals surface area contributed by atoms with Crippen molar-refractivity contribution in [3.63, 3.8) is 0 Å². The van der Waals surface area contributed by atoms with E-state index in [1.165, 1.54) is 0 Å². The molecule has 2 amide bonds. The molecule has 2 heterocycles. The van der Waals surface area contributed by atoms with Gasteiger partial charge in [0.1, 0.15) is 12.9 Å². The number of oxazole rings is 1. The number of aryl methyl sites for hydroxylation is 1. The number of nitrogens with zero attached hydrogens (tertiary/aromatic N) is 3. The number of nitrogens with two attached hydrogens (primary N) is 1. The molecule has 0 radical (unpaired) electrons. The number of para-hydroxylation sites is 2. The van der Waals surface area contributed by atoms with Crippen molar-refractivity contribution in [2.75, 3.05) is 9.80 Å². The summed E-state index contributed by atoms with van der Waals surface area (Å²) in [5, 5.41) is 9.69. The second kappa shape index (κ2) is 14.9. The number of carbonyl (C=O) groups is 3. The maximum absolute atomic E-state index is 12.7. The molecular weight excluding hydrogens is 679 g/mol. The second-order valence-corrected chi connectivity index (χ2v) is 12.4. The van der Waals surface area contributed by atoms with E-state index in [1.807, 2.05) is 96.6 Å². The van der Waals surface area contributed by atoms with Gasteiger partial charge in [0.15, 0.2) is 0 Å². The minimum atomic E-state index is -1.30. The summed E-state index contributed by atoms with van der Waals surface area (Å²) >= 11 is 13.1. The summed E-state index contributed by atoms with van der Waals surface area (Å²) in [6.07, 6.45) is 5.30. The predicted molar refractivity (Wildman–Crippen MR) is 192 cm³/mol. The van der Waals surface area contributed by atoms with Gasteiger partial charge in [-0.1, -0.05) is 77.8 Å². The summed E-state index contributed by atoms with van der Waals surface area (Å²) in [6.45, 7) is 0.971. The number of rotatable bonds is 10. The highest BCUT2D eigenvalue weighted by atomic mass is 35.5. The number of hydrazine groups is 1. The predicted octanol–water partition coefficient (Wildman–Crippen LogP) is 5.71. The van der Waals surface area contributed by atoms with Crippen LogP contribution >= 0.6 is 23.2 Å². The molecular formula is C37H33Cl2N6O5+. The Morgan fingerprint density at radius 3 is 2.10 bits per heavy atom. The summed E-state index contributed by atoms with van der Waals surface area (Å²) in [5.74, 6) is -1.08. The van der Waals surface area contributed by atoms with Crippen molar-refractivity contribution in [1.82, 2.24) is 10.9 Å². The van der Waals surface area contributed by atoms with Crippen molar-refractivity contribution in [1.29, 1.82) is 0 Å². The molecule has 0 aliphatic carbocycles. The lowest BCUT2D eigenvalue weighted by Crippen LogP contribution is -2.49. The molecule has 1 aliphatic heterocycles. The van der Waals surface area contributed by atoms with E-state index in [-0.39, 0.29) is 5.56 Å². The monoisotopic (exact) mass is 711 g/mol. The summed E-state index contributed by atoms with van der Waals surface area (Å²) in [5.41, 5.74) is 15.7. The van der Waals surface area contributed by atoms with Crippen LogP contribution in [0.3, 0.4) is 0 Å². The smallest absolute Gasteiger partial charge is 0.373 e. The third kappa shape index (κ3) is 7.50. The zero-order valence-electron chi connectivity index (χ0n) is 26.8. The van der Waals surface area contributed by atoms with Crippen LogP contribution in [0.1, 0.15) is 33.8 Å². The molecule has 6 rings (SSSR count). The zero-order valence-corrected chi connectivity index (χ0v) is 28.4. The molecule has 0 bridgehead atoms. The first-order chi connectivity index (χ1) is 24.1. The minimum absolute atomic E-state index is 0.278. The molecule has 1 aliphatic rings. The van der Waals surface area contributed by atoms with Crippen LogP contribution in [0.2, 0.25) is 10.0 Å². The minimum Gasteiger partial charge on any atom is -0.481 e. The third-order valence-corrected chi connectivity index (χ3v) is 8.90. The molecule has 4 aromatic carbocycles. The van der Waals surface area contributed by atoms with Crippen LogP contribution < -0.4 is 31.0 Å². The maximum atomic E-state index is 12.7. The van der Waals surface area contributed by atoms with Crippen molar-refractivity contribution >= 4 is 69.5 Å². The fourth-order valence-corrected chi connectivity index (χ4v) is 5.94. The molecule has 5 N–H and O–H groups in total. The Bertz CT molecular complexity index is 2130. The largest absolute Gasteiger partial charge is 0.481 e. The third-order valence-electron chi connectivity index (χ3n) is 8.18. The summed E-state index contributed by atoms with van der Waals surface area (Å²) in [7, 11) is 1.95. The first kappa shape index (κ1) is 34.3. The van der Waals surface area contributed by atoms with Crippen LogP contribution in [0.5, 0.6) is 0 Å². The Morgan fingerprint density at radius 2 is 1.48 bits per heavy atom. The van der Waals surface area contributed by atoms with Crippen LogP contribution in [-0.2, 0) is 29.7 Å². The molecule has 254 valence electrons. The van der Waals surface area contributed by atoms with E-state index < -0.39 is 30.2 Å². The average molecular weight is 713 g/mol. The highest BCUT2D eigenvalue weighted by Crippen LogP contribution is 2.47. The summed E-state index contributed by atoms with van der Waals surface area (Å²) < 4.78 is 8.08. The lowest BCUT2D eigenvalue weighted by Gasteiger charge is -2.25. The standard InChI is InChI=1S/C37H32Cl2N6O5/c1-43-29-10-5-6-11-32(29)50-34(43)13-7-12-33-44(21-23-8-3-2-4-9-23)30-18-26(38)27(39)19-31(30)45(33)22-24-14-16-25(17-15-24)36(48)41-42-37(49)28(40)20-35(46)47/h2-19,28H,20-22,40H2,1H3,(H2-,41,42,46,47,48,49)/p+1. The molecule has 13 heteroatoms. The van der Waals surface area contributed by atoms with Crippen LogP contribution in [0.4, 0.5) is 11.4 Å². The number of carboxylic acid groups (broad SMARTS) is 1. The van der Waals surface area contributed by atoms with Crippen molar-refractivity contribution < 1.29 is 28.5 Å². The van der Waals surface area contributed by atoms with Crippen LogP contribution in [0, 0.1) is 0 Å². The van der Waals surface area contributed by atoms with Crippen molar-refractivity contribution in [2.45, 2.75) is 25.6 Å². The number of fused-ring (bicyclic) bond motifs is 2. The molecule has 0 saturated carbocycles. The van der Waals surface area contributed by atoms with Crippen LogP contribution in [-0.4, -0.2) is 28.9 Å². The number of nitrogens with one attached hydrogen (secondary N) is 2. The van der Waals surface area contributed by atoms with Gasteiger partial charge < -0.3 is 25.1 Å². The highest BCUT2D eigenvalue weighted by molar-refractivity contribution is 6.42. The molecule has 0 saturated heterocycles. The van der Waals surface area contributed by atoms with Gasteiger partial charge >= 0.3 is 11.9 Å². The Kier molecular flexibility index (Phi) is 10.2. The van der Waals surface area contributed by atoms with Gasteiger partial charge in [0, 0.05) is 24.7 Å². The quantitative estimate of drug-likeness (QED) is 0.107. The molecule has 50 heavy (non-hydrogen) atoms. The first-order valence-corrected chi connectivity index (χ1v) is 16.3. The van der Waals surface area contributed by atoms with E-state index in [1.54, 1.807) is 12.1 Å². The molecule has 0 fully saturated rings. The van der Waals surface area contributed by atoms with Gasteiger partial charge in [0.2, 0.25) is 5.58 Å². The number of aromatic nitrogens is 1. The van der Waals surface area contributed by atoms with Gasteiger partial charge in [-0.3, -0.25) is 25.2 Å². The molecule has 1 unspecified atom stereocenters. The number of halogens is 2. The van der Waals surface area contributed by atoms with Gasteiger partial charge in [-0.25, -0.2) is 0 Å². The first-order valence-electron chi connectivity index (χ1n) is 15.6. The Morgan fingerprint density at radius 1 is 0.880 bits per heavy atom. The fraction of sp³-hybridized carbons (Fsp3) is 0.135. The topological polar surface area (TPSA) is 145 Å². The molecule has 11 nitrogen and oxygen atoms in total. The number of hydrogen-bond donors (Lipinski definition) is 4. The molecule has 1 atom stereocenters.